The van der Waals surface area contributed by atoms with E-state index in [1.54, 1.807) is 0 Å². The number of piperazine rings is 1. The van der Waals surface area contributed by atoms with Crippen LogP contribution in [0.5, 0.6) is 0 Å². The van der Waals surface area contributed by atoms with Crippen LogP contribution in [0.25, 0.3) is 0 Å². The van der Waals surface area contributed by atoms with Crippen molar-refractivity contribution in [1.29, 1.82) is 0 Å². The summed E-state index contributed by atoms with van der Waals surface area (Å²) in [4.78, 5) is 2.73. The maximum Gasteiger partial charge on any atom is 0.0634 e. The van der Waals surface area contributed by atoms with Crippen LogP contribution < -0.4 is 5.32 Å². The van der Waals surface area contributed by atoms with Crippen molar-refractivity contribution in [3.8, 4) is 0 Å². The molecule has 1 aliphatic carbocycles. The quantitative estimate of drug-likeness (QED) is 0.813. The van der Waals surface area contributed by atoms with E-state index >= 15 is 0 Å². The summed E-state index contributed by atoms with van der Waals surface area (Å²) in [7, 11) is 1.82. The van der Waals surface area contributed by atoms with Crippen LogP contribution in [-0.4, -0.2) is 49.3 Å². The molecule has 2 rings (SSSR count). The summed E-state index contributed by atoms with van der Waals surface area (Å²) < 4.78 is 5.54. The molecule has 0 atom stereocenters. The van der Waals surface area contributed by atoms with Gasteiger partial charge in [-0.25, -0.2) is 0 Å². The molecule has 3 nitrogen and oxygen atoms in total. The van der Waals surface area contributed by atoms with Gasteiger partial charge < -0.3 is 10.1 Å². The van der Waals surface area contributed by atoms with Crippen LogP contribution in [0, 0.1) is 0 Å². The second-order valence-electron chi connectivity index (χ2n) is 6.31. The second kappa shape index (κ2) is 5.25. The van der Waals surface area contributed by atoms with Crippen molar-refractivity contribution < 1.29 is 4.74 Å². The average molecular weight is 240 g/mol. The van der Waals surface area contributed by atoms with Gasteiger partial charge in [0.1, 0.15) is 0 Å². The highest BCUT2D eigenvalue weighted by Crippen LogP contribution is 2.36. The summed E-state index contributed by atoms with van der Waals surface area (Å²) in [5, 5.41) is 3.59. The normalized spacial score (nSPS) is 25.6. The molecule has 0 aromatic heterocycles. The van der Waals surface area contributed by atoms with Gasteiger partial charge in [-0.3, -0.25) is 4.90 Å². The van der Waals surface area contributed by atoms with Crippen LogP contribution in [0.1, 0.15) is 46.0 Å². The molecule has 17 heavy (non-hydrogen) atoms. The number of nitrogens with one attached hydrogen (secondary N) is 1. The average Bonchev–Trinajstić information content (AvgIpc) is 2.77. The summed E-state index contributed by atoms with van der Waals surface area (Å²) in [5.74, 6) is 0. The standard InChI is InChI=1S/C14H28N2O/c1-13(2,17-3)8-10-16-11-9-15-12-14(16)6-4-5-7-14/h15H,4-12H2,1-3H3. The van der Waals surface area contributed by atoms with E-state index in [1.165, 1.54) is 45.3 Å². The first kappa shape index (κ1) is 13.3. The lowest BCUT2D eigenvalue weighted by Crippen LogP contribution is -2.60. The Morgan fingerprint density at radius 3 is 2.65 bits per heavy atom. The minimum absolute atomic E-state index is 0.0185. The van der Waals surface area contributed by atoms with Crippen LogP contribution in [-0.2, 0) is 4.74 Å². The highest BCUT2D eigenvalue weighted by atomic mass is 16.5. The molecule has 1 spiro atoms. The maximum absolute atomic E-state index is 5.54. The van der Waals surface area contributed by atoms with Gasteiger partial charge >= 0.3 is 0 Å². The zero-order chi connectivity index (χ0) is 12.4. The van der Waals surface area contributed by atoms with Crippen molar-refractivity contribution in [2.75, 3.05) is 33.3 Å². The Bertz CT molecular complexity index is 247. The first-order valence-electron chi connectivity index (χ1n) is 7.09. The summed E-state index contributed by atoms with van der Waals surface area (Å²) in [5.41, 5.74) is 0.493. The van der Waals surface area contributed by atoms with Gasteiger partial charge in [-0.2, -0.15) is 0 Å². The van der Waals surface area contributed by atoms with Crippen molar-refractivity contribution >= 4 is 0 Å². The summed E-state index contributed by atoms with van der Waals surface area (Å²) in [6.45, 7) is 9.12. The van der Waals surface area contributed by atoms with E-state index in [0.717, 1.165) is 13.0 Å². The maximum atomic E-state index is 5.54. The van der Waals surface area contributed by atoms with E-state index in [-0.39, 0.29) is 5.60 Å². The molecule has 1 heterocycles. The smallest absolute Gasteiger partial charge is 0.0634 e. The monoisotopic (exact) mass is 240 g/mol. The Morgan fingerprint density at radius 1 is 1.29 bits per heavy atom. The van der Waals surface area contributed by atoms with Crippen molar-refractivity contribution in [2.45, 2.75) is 57.1 Å². The van der Waals surface area contributed by atoms with Crippen molar-refractivity contribution in [2.24, 2.45) is 0 Å². The van der Waals surface area contributed by atoms with Gasteiger partial charge in [0.25, 0.3) is 0 Å². The molecule has 0 aromatic carbocycles. The molecule has 1 N–H and O–H groups in total. The van der Waals surface area contributed by atoms with Crippen LogP contribution in [0.15, 0.2) is 0 Å². The lowest BCUT2D eigenvalue weighted by atomic mass is 9.91. The van der Waals surface area contributed by atoms with Gasteiger partial charge in [0.15, 0.2) is 0 Å². The Hall–Kier alpha value is -0.120. The minimum Gasteiger partial charge on any atom is -0.379 e. The van der Waals surface area contributed by atoms with E-state index in [4.69, 9.17) is 4.74 Å². The van der Waals surface area contributed by atoms with Gasteiger partial charge in [0.05, 0.1) is 5.60 Å². The summed E-state index contributed by atoms with van der Waals surface area (Å²) in [6, 6.07) is 0. The highest BCUT2D eigenvalue weighted by Gasteiger charge is 2.41. The first-order chi connectivity index (χ1) is 8.08. The lowest BCUT2D eigenvalue weighted by molar-refractivity contribution is -0.0114. The van der Waals surface area contributed by atoms with E-state index < -0.39 is 0 Å². The molecule has 0 aromatic rings. The fraction of sp³-hybridized carbons (Fsp3) is 1.00. The number of hydrogen-bond donors (Lipinski definition) is 1. The van der Waals surface area contributed by atoms with Crippen LogP contribution in [0.2, 0.25) is 0 Å². The van der Waals surface area contributed by atoms with E-state index in [9.17, 15) is 0 Å². The van der Waals surface area contributed by atoms with E-state index in [1.807, 2.05) is 7.11 Å². The van der Waals surface area contributed by atoms with Gasteiger partial charge in [-0.1, -0.05) is 12.8 Å². The Kier molecular flexibility index (Phi) is 4.11. The van der Waals surface area contributed by atoms with E-state index in [2.05, 4.69) is 24.1 Å². The molecule has 1 aliphatic heterocycles. The zero-order valence-electron chi connectivity index (χ0n) is 11.7. The molecule has 0 radical (unpaired) electrons. The molecule has 0 bridgehead atoms. The molecular weight excluding hydrogens is 212 g/mol. The fourth-order valence-corrected chi connectivity index (χ4v) is 3.27. The van der Waals surface area contributed by atoms with Crippen LogP contribution in [0.4, 0.5) is 0 Å². The molecule has 2 aliphatic rings. The van der Waals surface area contributed by atoms with E-state index in [0.29, 0.717) is 5.54 Å². The SMILES string of the molecule is COC(C)(C)CCN1CCNCC12CCCC2. The van der Waals surface area contributed by atoms with Gasteiger partial charge in [-0.05, 0) is 33.1 Å². The molecule has 3 heteroatoms. The Morgan fingerprint density at radius 2 is 2.00 bits per heavy atom. The van der Waals surface area contributed by atoms with Crippen molar-refractivity contribution in [3.05, 3.63) is 0 Å². The molecule has 100 valence electrons. The molecule has 1 saturated heterocycles. The minimum atomic E-state index is 0.0185. The first-order valence-corrected chi connectivity index (χ1v) is 7.09. The third-order valence-electron chi connectivity index (χ3n) is 4.75. The van der Waals surface area contributed by atoms with Gasteiger partial charge in [0.2, 0.25) is 0 Å². The lowest BCUT2D eigenvalue weighted by Gasteiger charge is -2.46. The van der Waals surface area contributed by atoms with Crippen LogP contribution >= 0.6 is 0 Å². The summed E-state index contributed by atoms with van der Waals surface area (Å²) in [6.07, 6.45) is 6.71. The topological polar surface area (TPSA) is 24.5 Å². The Balaban J connectivity index is 1.93. The molecule has 2 fully saturated rings. The molecule has 0 amide bonds. The summed E-state index contributed by atoms with van der Waals surface area (Å²) >= 11 is 0. The largest absolute Gasteiger partial charge is 0.379 e. The second-order valence-corrected chi connectivity index (χ2v) is 6.31. The number of methoxy groups -OCH3 is 1. The zero-order valence-corrected chi connectivity index (χ0v) is 11.7. The molecule has 1 saturated carbocycles. The number of rotatable bonds is 4. The fourth-order valence-electron chi connectivity index (χ4n) is 3.27. The van der Waals surface area contributed by atoms with Crippen LogP contribution in [0.3, 0.4) is 0 Å². The van der Waals surface area contributed by atoms with Crippen molar-refractivity contribution in [3.63, 3.8) is 0 Å². The number of ether oxygens (including phenoxy) is 1. The predicted octanol–water partition coefficient (Wildman–Crippen LogP) is 2.02. The molecular formula is C14H28N2O. The third-order valence-corrected chi connectivity index (χ3v) is 4.75. The highest BCUT2D eigenvalue weighted by molar-refractivity contribution is 4.99. The van der Waals surface area contributed by atoms with Crippen molar-refractivity contribution in [1.82, 2.24) is 10.2 Å². The number of hydrogen-bond acceptors (Lipinski definition) is 3. The van der Waals surface area contributed by atoms with Gasteiger partial charge in [-0.15, -0.1) is 0 Å². The third kappa shape index (κ3) is 3.01. The molecule has 0 unspecified atom stereocenters. The van der Waals surface area contributed by atoms with Gasteiger partial charge in [0, 0.05) is 38.8 Å². The Labute approximate surface area is 106 Å². The predicted molar refractivity (Wildman–Crippen MR) is 71.3 cm³/mol. The number of nitrogens with zero attached hydrogens (tertiary/aromatic N) is 1.